The van der Waals surface area contributed by atoms with E-state index in [0.717, 1.165) is 0 Å². The number of halogens is 2. The van der Waals surface area contributed by atoms with Crippen LogP contribution >= 0.6 is 0 Å². The maximum absolute atomic E-state index is 12.7. The van der Waals surface area contributed by atoms with Crippen molar-refractivity contribution < 1.29 is 17.8 Å². The molecule has 0 aliphatic carbocycles. The normalized spacial score (nSPS) is 12.8. The van der Waals surface area contributed by atoms with Crippen LogP contribution in [0.25, 0.3) is 12.2 Å². The SMILES string of the molecule is O=C(/C=C\c1ccc(F)cc1)CS(=O)/C=C/c1ccc(F)cc1. The van der Waals surface area contributed by atoms with Gasteiger partial charge in [0.1, 0.15) is 11.6 Å². The van der Waals surface area contributed by atoms with Gasteiger partial charge >= 0.3 is 0 Å². The van der Waals surface area contributed by atoms with Crippen LogP contribution in [0, 0.1) is 11.6 Å². The van der Waals surface area contributed by atoms with Gasteiger partial charge in [-0.2, -0.15) is 0 Å². The summed E-state index contributed by atoms with van der Waals surface area (Å²) >= 11 is 0. The van der Waals surface area contributed by atoms with Crippen LogP contribution in [0.4, 0.5) is 8.78 Å². The van der Waals surface area contributed by atoms with Crippen LogP contribution in [0.3, 0.4) is 0 Å². The van der Waals surface area contributed by atoms with E-state index in [9.17, 15) is 17.8 Å². The van der Waals surface area contributed by atoms with E-state index in [4.69, 9.17) is 0 Å². The largest absolute Gasteiger partial charge is 0.294 e. The summed E-state index contributed by atoms with van der Waals surface area (Å²) < 4.78 is 37.3. The molecule has 0 N–H and O–H groups in total. The highest BCUT2D eigenvalue weighted by Crippen LogP contribution is 2.06. The Morgan fingerprint density at radius 1 is 0.870 bits per heavy atom. The van der Waals surface area contributed by atoms with E-state index in [1.165, 1.54) is 35.7 Å². The molecule has 0 bridgehead atoms. The Bertz CT molecular complexity index is 682. The molecule has 0 amide bonds. The van der Waals surface area contributed by atoms with Crippen molar-refractivity contribution in [3.8, 4) is 0 Å². The summed E-state index contributed by atoms with van der Waals surface area (Å²) in [6.07, 6.45) is 4.44. The minimum atomic E-state index is -1.45. The Kier molecular flexibility index (Phi) is 6.11. The van der Waals surface area contributed by atoms with Crippen LogP contribution in [0.15, 0.2) is 60.0 Å². The van der Waals surface area contributed by atoms with Crippen molar-refractivity contribution in [3.63, 3.8) is 0 Å². The van der Waals surface area contributed by atoms with Crippen molar-refractivity contribution in [3.05, 3.63) is 82.8 Å². The molecule has 0 radical (unpaired) electrons. The highest BCUT2D eigenvalue weighted by atomic mass is 32.2. The van der Waals surface area contributed by atoms with Crippen LogP contribution < -0.4 is 0 Å². The van der Waals surface area contributed by atoms with Crippen LogP contribution in [-0.2, 0) is 15.6 Å². The smallest absolute Gasteiger partial charge is 0.168 e. The number of hydrogen-bond donors (Lipinski definition) is 0. The number of rotatable bonds is 6. The first-order valence-corrected chi connectivity index (χ1v) is 8.18. The van der Waals surface area contributed by atoms with Gasteiger partial charge in [0.15, 0.2) is 5.78 Å². The third kappa shape index (κ3) is 6.08. The monoisotopic (exact) mass is 332 g/mol. The van der Waals surface area contributed by atoms with Gasteiger partial charge in [-0.05, 0) is 47.5 Å². The topological polar surface area (TPSA) is 34.1 Å². The Morgan fingerprint density at radius 3 is 1.87 bits per heavy atom. The predicted molar refractivity (Wildman–Crippen MR) is 88.9 cm³/mol. The maximum Gasteiger partial charge on any atom is 0.168 e. The van der Waals surface area contributed by atoms with Crippen LogP contribution in [0.2, 0.25) is 0 Å². The van der Waals surface area contributed by atoms with Crippen molar-refractivity contribution in [2.45, 2.75) is 0 Å². The number of ketones is 1. The lowest BCUT2D eigenvalue weighted by Gasteiger charge is -1.95. The van der Waals surface area contributed by atoms with Crippen molar-refractivity contribution in [2.75, 3.05) is 5.75 Å². The Hall–Kier alpha value is -2.40. The third-order valence-corrected chi connectivity index (χ3v) is 3.91. The maximum atomic E-state index is 12.7. The second kappa shape index (κ2) is 8.29. The van der Waals surface area contributed by atoms with E-state index < -0.39 is 10.8 Å². The van der Waals surface area contributed by atoms with E-state index in [1.54, 1.807) is 36.4 Å². The second-order valence-electron chi connectivity index (χ2n) is 4.73. The molecular formula is C18H14F2O2S. The summed E-state index contributed by atoms with van der Waals surface area (Å²) in [5, 5.41) is 1.40. The minimum absolute atomic E-state index is 0.143. The molecule has 2 aromatic carbocycles. The number of allylic oxidation sites excluding steroid dienone is 1. The van der Waals surface area contributed by atoms with Crippen LogP contribution in [0.1, 0.15) is 11.1 Å². The van der Waals surface area contributed by atoms with E-state index in [0.29, 0.717) is 11.1 Å². The van der Waals surface area contributed by atoms with E-state index in [1.807, 2.05) is 0 Å². The van der Waals surface area contributed by atoms with Gasteiger partial charge in [0.2, 0.25) is 0 Å². The third-order valence-electron chi connectivity index (χ3n) is 2.90. The molecule has 0 aromatic heterocycles. The molecule has 2 aromatic rings. The standard InChI is InChI=1S/C18H14F2O2S/c19-16-6-1-14(2-7-16)5-10-18(21)13-23(22)12-11-15-3-8-17(20)9-4-15/h1-12H,13H2/b10-5-,12-11+. The summed E-state index contributed by atoms with van der Waals surface area (Å²) in [6, 6.07) is 11.4. The molecule has 0 aliphatic rings. The van der Waals surface area contributed by atoms with Crippen molar-refractivity contribution in [2.24, 2.45) is 0 Å². The molecular weight excluding hydrogens is 318 g/mol. The lowest BCUT2D eigenvalue weighted by atomic mass is 10.2. The van der Waals surface area contributed by atoms with E-state index in [2.05, 4.69) is 0 Å². The average molecular weight is 332 g/mol. The van der Waals surface area contributed by atoms with Gasteiger partial charge in [0, 0.05) is 5.41 Å². The lowest BCUT2D eigenvalue weighted by Crippen LogP contribution is -2.05. The van der Waals surface area contributed by atoms with Gasteiger partial charge in [-0.3, -0.25) is 9.00 Å². The van der Waals surface area contributed by atoms with Gasteiger partial charge < -0.3 is 0 Å². The fourth-order valence-electron chi connectivity index (χ4n) is 1.73. The molecule has 0 heterocycles. The first-order chi connectivity index (χ1) is 11.0. The van der Waals surface area contributed by atoms with Gasteiger partial charge in [0.25, 0.3) is 0 Å². The Morgan fingerprint density at radius 2 is 1.35 bits per heavy atom. The first kappa shape index (κ1) is 17.0. The molecule has 118 valence electrons. The molecule has 1 atom stereocenters. The van der Waals surface area contributed by atoms with Crippen LogP contribution in [0.5, 0.6) is 0 Å². The zero-order valence-electron chi connectivity index (χ0n) is 12.1. The minimum Gasteiger partial charge on any atom is -0.294 e. The molecule has 2 rings (SSSR count). The van der Waals surface area contributed by atoms with Gasteiger partial charge in [-0.25, -0.2) is 8.78 Å². The van der Waals surface area contributed by atoms with Crippen molar-refractivity contribution in [1.29, 1.82) is 0 Å². The molecule has 23 heavy (non-hydrogen) atoms. The summed E-state index contributed by atoms with van der Waals surface area (Å²) in [4.78, 5) is 11.7. The number of benzene rings is 2. The molecule has 5 heteroatoms. The number of carbonyl (C=O) groups excluding carboxylic acids is 1. The molecule has 0 saturated carbocycles. The number of hydrogen-bond acceptors (Lipinski definition) is 2. The molecule has 1 unspecified atom stereocenters. The zero-order valence-corrected chi connectivity index (χ0v) is 12.9. The highest BCUT2D eigenvalue weighted by Gasteiger charge is 2.02. The number of carbonyl (C=O) groups is 1. The fourth-order valence-corrected chi connectivity index (χ4v) is 2.51. The van der Waals surface area contributed by atoms with Gasteiger partial charge in [0.05, 0.1) is 16.6 Å². The summed E-state index contributed by atoms with van der Waals surface area (Å²) in [5.41, 5.74) is 1.39. The van der Waals surface area contributed by atoms with Gasteiger partial charge in [-0.15, -0.1) is 0 Å². The van der Waals surface area contributed by atoms with E-state index >= 15 is 0 Å². The zero-order chi connectivity index (χ0) is 16.7. The highest BCUT2D eigenvalue weighted by molar-refractivity contribution is 7.88. The molecule has 0 spiro atoms. The molecule has 0 fully saturated rings. The fraction of sp³-hybridized carbons (Fsp3) is 0.0556. The van der Waals surface area contributed by atoms with Gasteiger partial charge in [-0.1, -0.05) is 30.3 Å². The summed E-state index contributed by atoms with van der Waals surface area (Å²) in [5.74, 6) is -1.13. The summed E-state index contributed by atoms with van der Waals surface area (Å²) in [7, 11) is -1.45. The van der Waals surface area contributed by atoms with Crippen LogP contribution in [-0.4, -0.2) is 15.7 Å². The quantitative estimate of drug-likeness (QED) is 0.750. The second-order valence-corrected chi connectivity index (χ2v) is 6.05. The summed E-state index contributed by atoms with van der Waals surface area (Å²) in [6.45, 7) is 0. The predicted octanol–water partition coefficient (Wildman–Crippen LogP) is 3.97. The van der Waals surface area contributed by atoms with E-state index in [-0.39, 0.29) is 23.2 Å². The lowest BCUT2D eigenvalue weighted by molar-refractivity contribution is -0.112. The molecule has 2 nitrogen and oxygen atoms in total. The average Bonchev–Trinajstić information content (AvgIpc) is 2.54. The van der Waals surface area contributed by atoms with Crippen molar-refractivity contribution >= 4 is 28.7 Å². The molecule has 0 saturated heterocycles. The first-order valence-electron chi connectivity index (χ1n) is 6.80. The Balaban J connectivity index is 1.88. The molecule has 0 aliphatic heterocycles. The van der Waals surface area contributed by atoms with Crippen molar-refractivity contribution in [1.82, 2.24) is 0 Å². The Labute approximate surface area is 135 Å².